The van der Waals surface area contributed by atoms with E-state index in [1.165, 1.54) is 0 Å². The monoisotopic (exact) mass is 151 g/mol. The molecule has 0 radical (unpaired) electrons. The number of amides is 1. The molecule has 0 atom stereocenters. The molecular formula is C7H9N3O. The summed E-state index contributed by atoms with van der Waals surface area (Å²) in [6, 6.07) is 0. The van der Waals surface area contributed by atoms with Crippen LogP contribution in [-0.4, -0.2) is 15.9 Å². The molecule has 58 valence electrons. The van der Waals surface area contributed by atoms with Crippen molar-refractivity contribution in [1.29, 1.82) is 0 Å². The number of rotatable bonds is 3. The summed E-state index contributed by atoms with van der Waals surface area (Å²) in [5.41, 5.74) is 4.91. The maximum absolute atomic E-state index is 10.3. The van der Waals surface area contributed by atoms with E-state index in [4.69, 9.17) is 5.73 Å². The zero-order chi connectivity index (χ0) is 8.10. The van der Waals surface area contributed by atoms with Crippen molar-refractivity contribution in [2.75, 3.05) is 0 Å². The van der Waals surface area contributed by atoms with Gasteiger partial charge in [0.2, 0.25) is 5.91 Å². The predicted octanol–water partition coefficient (Wildman–Crippen LogP) is 0.298. The van der Waals surface area contributed by atoms with Gasteiger partial charge in [-0.05, 0) is 6.08 Å². The first-order valence-corrected chi connectivity index (χ1v) is 3.23. The Bertz CT molecular complexity index is 251. The van der Waals surface area contributed by atoms with E-state index in [1.54, 1.807) is 24.5 Å². The Morgan fingerprint density at radius 3 is 3.18 bits per heavy atom. The first-order chi connectivity index (χ1) is 5.29. The van der Waals surface area contributed by atoms with E-state index >= 15 is 0 Å². The normalized spacial score (nSPS) is 10.5. The molecule has 0 fully saturated rings. The molecule has 0 saturated heterocycles. The van der Waals surface area contributed by atoms with Crippen LogP contribution in [0.1, 0.15) is 12.2 Å². The number of aromatic amines is 1. The third-order valence-corrected chi connectivity index (χ3v) is 1.11. The molecule has 4 heteroatoms. The zero-order valence-corrected chi connectivity index (χ0v) is 5.95. The van der Waals surface area contributed by atoms with Crippen molar-refractivity contribution in [2.45, 2.75) is 6.42 Å². The molecule has 0 unspecified atom stereocenters. The van der Waals surface area contributed by atoms with Crippen LogP contribution in [0.4, 0.5) is 0 Å². The second-order valence-electron chi connectivity index (χ2n) is 2.05. The predicted molar refractivity (Wildman–Crippen MR) is 41.4 cm³/mol. The van der Waals surface area contributed by atoms with E-state index in [0.29, 0.717) is 0 Å². The Morgan fingerprint density at radius 2 is 2.64 bits per heavy atom. The molecule has 3 N–H and O–H groups in total. The number of aromatic nitrogens is 2. The lowest BCUT2D eigenvalue weighted by atomic mass is 10.3. The largest absolute Gasteiger partial charge is 0.369 e. The summed E-state index contributed by atoms with van der Waals surface area (Å²) in [6.07, 6.45) is 6.99. The Kier molecular flexibility index (Phi) is 2.43. The summed E-state index contributed by atoms with van der Waals surface area (Å²) in [6.45, 7) is 0. The molecule has 11 heavy (non-hydrogen) atoms. The van der Waals surface area contributed by atoms with Crippen LogP contribution in [-0.2, 0) is 4.79 Å². The first kappa shape index (κ1) is 7.53. The number of hydrogen-bond acceptors (Lipinski definition) is 2. The van der Waals surface area contributed by atoms with Gasteiger partial charge >= 0.3 is 0 Å². The minimum Gasteiger partial charge on any atom is -0.369 e. The smallest absolute Gasteiger partial charge is 0.221 e. The molecule has 1 aromatic rings. The van der Waals surface area contributed by atoms with Crippen molar-refractivity contribution >= 4 is 12.0 Å². The molecule has 1 heterocycles. The van der Waals surface area contributed by atoms with Crippen LogP contribution < -0.4 is 5.73 Å². The molecule has 1 aromatic heterocycles. The van der Waals surface area contributed by atoms with Crippen molar-refractivity contribution in [2.24, 2.45) is 5.73 Å². The second-order valence-corrected chi connectivity index (χ2v) is 2.05. The summed E-state index contributed by atoms with van der Waals surface area (Å²) in [7, 11) is 0. The molecule has 1 rings (SSSR count). The fourth-order valence-electron chi connectivity index (χ4n) is 0.655. The highest BCUT2D eigenvalue weighted by molar-refractivity contribution is 5.76. The summed E-state index contributed by atoms with van der Waals surface area (Å²) < 4.78 is 0. The molecule has 0 aliphatic rings. The van der Waals surface area contributed by atoms with Crippen molar-refractivity contribution in [3.05, 3.63) is 24.3 Å². The van der Waals surface area contributed by atoms with Gasteiger partial charge in [0.05, 0.1) is 0 Å². The Hall–Kier alpha value is -1.58. The van der Waals surface area contributed by atoms with E-state index < -0.39 is 0 Å². The maximum Gasteiger partial charge on any atom is 0.221 e. The molecule has 0 spiro atoms. The van der Waals surface area contributed by atoms with E-state index in [2.05, 4.69) is 9.97 Å². The van der Waals surface area contributed by atoms with Crippen molar-refractivity contribution in [3.63, 3.8) is 0 Å². The van der Waals surface area contributed by atoms with Crippen LogP contribution in [0.15, 0.2) is 18.5 Å². The van der Waals surface area contributed by atoms with Crippen molar-refractivity contribution < 1.29 is 4.79 Å². The Labute approximate surface area is 64.1 Å². The zero-order valence-electron chi connectivity index (χ0n) is 5.95. The number of nitrogens with zero attached hydrogens (tertiary/aromatic N) is 1. The molecule has 0 aliphatic carbocycles. The maximum atomic E-state index is 10.3. The van der Waals surface area contributed by atoms with E-state index in [0.717, 1.165) is 5.82 Å². The first-order valence-electron chi connectivity index (χ1n) is 3.23. The number of imidazole rings is 1. The quantitative estimate of drug-likeness (QED) is 0.652. The van der Waals surface area contributed by atoms with Crippen molar-refractivity contribution in [3.8, 4) is 0 Å². The van der Waals surface area contributed by atoms with Gasteiger partial charge in [-0.2, -0.15) is 0 Å². The van der Waals surface area contributed by atoms with Gasteiger partial charge in [-0.25, -0.2) is 4.98 Å². The van der Waals surface area contributed by atoms with Crippen LogP contribution in [0.25, 0.3) is 6.08 Å². The second kappa shape index (κ2) is 3.55. The van der Waals surface area contributed by atoms with Crippen LogP contribution >= 0.6 is 0 Å². The minimum absolute atomic E-state index is 0.251. The minimum atomic E-state index is -0.340. The summed E-state index contributed by atoms with van der Waals surface area (Å²) in [4.78, 5) is 17.0. The number of nitrogens with two attached hydrogens (primary N) is 1. The Morgan fingerprint density at radius 1 is 1.82 bits per heavy atom. The molecule has 4 nitrogen and oxygen atoms in total. The van der Waals surface area contributed by atoms with E-state index in [-0.39, 0.29) is 12.3 Å². The topological polar surface area (TPSA) is 71.8 Å². The third-order valence-electron chi connectivity index (χ3n) is 1.11. The number of hydrogen-bond donors (Lipinski definition) is 2. The number of carbonyl (C=O) groups is 1. The molecule has 0 bridgehead atoms. The number of H-pyrrole nitrogens is 1. The van der Waals surface area contributed by atoms with Crippen LogP contribution in [0.3, 0.4) is 0 Å². The van der Waals surface area contributed by atoms with E-state index in [9.17, 15) is 4.79 Å². The highest BCUT2D eigenvalue weighted by Crippen LogP contribution is 1.92. The lowest BCUT2D eigenvalue weighted by Crippen LogP contribution is -2.07. The van der Waals surface area contributed by atoms with Gasteiger partial charge < -0.3 is 10.7 Å². The van der Waals surface area contributed by atoms with Gasteiger partial charge in [0.1, 0.15) is 5.82 Å². The number of nitrogens with one attached hydrogen (secondary N) is 1. The number of carbonyl (C=O) groups excluding carboxylic acids is 1. The average molecular weight is 151 g/mol. The van der Waals surface area contributed by atoms with Gasteiger partial charge in [0.15, 0.2) is 0 Å². The number of primary amides is 1. The fraction of sp³-hybridized carbons (Fsp3) is 0.143. The SMILES string of the molecule is NC(=O)CC=Cc1ncc[nH]1. The van der Waals surface area contributed by atoms with Gasteiger partial charge in [-0.3, -0.25) is 4.79 Å². The van der Waals surface area contributed by atoms with Gasteiger partial charge in [0.25, 0.3) is 0 Å². The van der Waals surface area contributed by atoms with Crippen molar-refractivity contribution in [1.82, 2.24) is 9.97 Å². The lowest BCUT2D eigenvalue weighted by Gasteiger charge is -1.83. The van der Waals surface area contributed by atoms with Gasteiger partial charge in [-0.1, -0.05) is 6.08 Å². The average Bonchev–Trinajstić information content (AvgIpc) is 2.39. The van der Waals surface area contributed by atoms with Crippen LogP contribution in [0.5, 0.6) is 0 Å². The Balaban J connectivity index is 2.43. The van der Waals surface area contributed by atoms with E-state index in [1.807, 2.05) is 0 Å². The molecule has 0 aromatic carbocycles. The molecule has 1 amide bonds. The molecule has 0 saturated carbocycles. The van der Waals surface area contributed by atoms with Gasteiger partial charge in [0, 0.05) is 18.8 Å². The van der Waals surface area contributed by atoms with Crippen LogP contribution in [0, 0.1) is 0 Å². The third kappa shape index (κ3) is 2.66. The summed E-state index contributed by atoms with van der Waals surface area (Å²) in [5, 5.41) is 0. The highest BCUT2D eigenvalue weighted by atomic mass is 16.1. The van der Waals surface area contributed by atoms with Crippen LogP contribution in [0.2, 0.25) is 0 Å². The fourth-order valence-corrected chi connectivity index (χ4v) is 0.655. The lowest BCUT2D eigenvalue weighted by molar-refractivity contribution is -0.117. The highest BCUT2D eigenvalue weighted by Gasteiger charge is 1.88. The standard InChI is InChI=1S/C7H9N3O/c8-6(11)2-1-3-7-9-4-5-10-7/h1,3-5H,2H2,(H2,8,11)(H,9,10). The molecule has 0 aliphatic heterocycles. The van der Waals surface area contributed by atoms with Gasteiger partial charge in [-0.15, -0.1) is 0 Å². The molecular weight excluding hydrogens is 142 g/mol. The summed E-state index contributed by atoms with van der Waals surface area (Å²) >= 11 is 0. The summed E-state index contributed by atoms with van der Waals surface area (Å²) in [5.74, 6) is 0.388.